The van der Waals surface area contributed by atoms with Crippen molar-refractivity contribution in [1.29, 1.82) is 5.41 Å². The minimum Gasteiger partial charge on any atom is -0.489 e. The Morgan fingerprint density at radius 2 is 1.87 bits per heavy atom. The summed E-state index contributed by atoms with van der Waals surface area (Å²) in [6, 6.07) is 17.5. The predicted octanol–water partition coefficient (Wildman–Crippen LogP) is 3.40. The smallest absolute Gasteiger partial charge is 0.270 e. The maximum atomic E-state index is 13.5. The number of nitrogens with zero attached hydrogens (tertiary/aromatic N) is 3. The van der Waals surface area contributed by atoms with Crippen LogP contribution < -0.4 is 10.1 Å². The van der Waals surface area contributed by atoms with Gasteiger partial charge in [-0.3, -0.25) is 10.2 Å². The van der Waals surface area contributed by atoms with Gasteiger partial charge in [-0.2, -0.15) is 0 Å². The van der Waals surface area contributed by atoms with E-state index in [1.807, 2.05) is 24.3 Å². The van der Waals surface area contributed by atoms with Crippen LogP contribution >= 0.6 is 0 Å². The van der Waals surface area contributed by atoms with Crippen molar-refractivity contribution in [2.45, 2.75) is 26.4 Å². The number of aliphatic hydroxyl groups is 1. The van der Waals surface area contributed by atoms with Crippen molar-refractivity contribution in [3.05, 3.63) is 95.2 Å². The van der Waals surface area contributed by atoms with Crippen LogP contribution in [0.25, 0.3) is 5.57 Å². The average Bonchev–Trinajstić information content (AvgIpc) is 2.97. The molecule has 0 aliphatic carbocycles. The summed E-state index contributed by atoms with van der Waals surface area (Å²) >= 11 is 0. The van der Waals surface area contributed by atoms with Gasteiger partial charge in [-0.1, -0.05) is 50.2 Å². The van der Waals surface area contributed by atoms with Gasteiger partial charge in [0, 0.05) is 31.4 Å². The summed E-state index contributed by atoms with van der Waals surface area (Å²) in [4.78, 5) is 23.4. The summed E-state index contributed by atoms with van der Waals surface area (Å²) in [6.07, 6.45) is 2.96. The number of amides is 1. The first-order valence-electron chi connectivity index (χ1n) is 13.1. The third kappa shape index (κ3) is 7.28. The number of hydrogen-bond donors (Lipinski definition) is 3. The molecule has 2 heterocycles. The molecule has 4 rings (SSSR count). The van der Waals surface area contributed by atoms with Gasteiger partial charge in [0.05, 0.1) is 31.2 Å². The number of carbonyl (C=O) groups is 1. The number of nitrogens with one attached hydrogen (secondary N) is 2. The highest BCUT2D eigenvalue weighted by Crippen LogP contribution is 2.27. The second-order valence-corrected chi connectivity index (χ2v) is 9.48. The lowest BCUT2D eigenvalue weighted by atomic mass is 9.95. The van der Waals surface area contributed by atoms with Crippen molar-refractivity contribution in [3.8, 4) is 5.75 Å². The van der Waals surface area contributed by atoms with E-state index in [4.69, 9.17) is 20.0 Å². The number of allylic oxidation sites excluding steroid dienone is 1. The molecule has 1 aromatic heterocycles. The van der Waals surface area contributed by atoms with Gasteiger partial charge in [-0.05, 0) is 40.8 Å². The second-order valence-electron chi connectivity index (χ2n) is 9.48. The van der Waals surface area contributed by atoms with Crippen molar-refractivity contribution in [2.75, 3.05) is 39.5 Å². The molecule has 0 atom stereocenters. The topological polar surface area (TPSA) is 121 Å². The van der Waals surface area contributed by atoms with Crippen molar-refractivity contribution >= 4 is 17.2 Å². The molecule has 1 fully saturated rings. The number of piperazine rings is 1. The summed E-state index contributed by atoms with van der Waals surface area (Å²) in [6.45, 7) is 6.71. The van der Waals surface area contributed by atoms with E-state index in [0.717, 1.165) is 5.56 Å². The fourth-order valence-corrected chi connectivity index (χ4v) is 4.26. The number of ether oxygens (including phenoxy) is 2. The summed E-state index contributed by atoms with van der Waals surface area (Å²) < 4.78 is 11.4. The predicted molar refractivity (Wildman–Crippen MR) is 150 cm³/mol. The molecule has 3 N–H and O–H groups in total. The van der Waals surface area contributed by atoms with E-state index in [9.17, 15) is 4.79 Å². The highest BCUT2D eigenvalue weighted by molar-refractivity contribution is 6.33. The first-order valence-corrected chi connectivity index (χ1v) is 13.1. The van der Waals surface area contributed by atoms with Crippen molar-refractivity contribution in [2.24, 2.45) is 0 Å². The normalized spacial score (nSPS) is 14.8. The van der Waals surface area contributed by atoms with E-state index in [0.29, 0.717) is 67.0 Å². The summed E-state index contributed by atoms with van der Waals surface area (Å²) in [5, 5.41) is 21.1. The largest absolute Gasteiger partial charge is 0.489 e. The highest BCUT2D eigenvalue weighted by atomic mass is 16.5. The number of hydrogen-bond acceptors (Lipinski definition) is 8. The quantitative estimate of drug-likeness (QED) is 0.187. The van der Waals surface area contributed by atoms with E-state index in [1.54, 1.807) is 17.2 Å². The van der Waals surface area contributed by atoms with Crippen molar-refractivity contribution in [3.63, 3.8) is 0 Å². The molecule has 0 bridgehead atoms. The van der Waals surface area contributed by atoms with Gasteiger partial charge < -0.3 is 24.8 Å². The van der Waals surface area contributed by atoms with Crippen LogP contribution in [0.4, 0.5) is 0 Å². The highest BCUT2D eigenvalue weighted by Gasteiger charge is 2.29. The van der Waals surface area contributed by atoms with Gasteiger partial charge in [0.2, 0.25) is 0 Å². The maximum absolute atomic E-state index is 13.5. The van der Waals surface area contributed by atoms with Gasteiger partial charge in [0.25, 0.3) is 5.91 Å². The Hall–Kier alpha value is -4.08. The molecular formula is C30H35N5O4. The van der Waals surface area contributed by atoms with Crippen LogP contribution in [0.3, 0.4) is 0 Å². The van der Waals surface area contributed by atoms with Crippen LogP contribution in [0, 0.1) is 5.41 Å². The Morgan fingerprint density at radius 3 is 2.54 bits per heavy atom. The molecule has 0 saturated carbocycles. The molecule has 1 amide bonds. The average molecular weight is 530 g/mol. The first-order chi connectivity index (χ1) is 19.0. The van der Waals surface area contributed by atoms with Crippen LogP contribution in [0.1, 0.15) is 42.1 Å². The van der Waals surface area contributed by atoms with E-state index < -0.39 is 0 Å². The van der Waals surface area contributed by atoms with E-state index in [-0.39, 0.29) is 24.8 Å². The molecule has 2 aromatic carbocycles. The van der Waals surface area contributed by atoms with Crippen molar-refractivity contribution < 1.29 is 19.4 Å². The number of aliphatic hydroxyl groups excluding tert-OH is 1. The molecule has 0 spiro atoms. The Balaban J connectivity index is 1.57. The monoisotopic (exact) mass is 529 g/mol. The third-order valence-corrected chi connectivity index (χ3v) is 6.46. The lowest BCUT2D eigenvalue weighted by Crippen LogP contribution is -2.48. The van der Waals surface area contributed by atoms with E-state index in [1.165, 1.54) is 11.9 Å². The molecule has 39 heavy (non-hydrogen) atoms. The lowest BCUT2D eigenvalue weighted by Gasteiger charge is -2.31. The third-order valence-electron chi connectivity index (χ3n) is 6.46. The minimum absolute atomic E-state index is 0.0645. The number of carbonyl (C=O) groups excluding carboxylic acids is 1. The molecule has 9 nitrogen and oxygen atoms in total. The maximum Gasteiger partial charge on any atom is 0.270 e. The van der Waals surface area contributed by atoms with Gasteiger partial charge >= 0.3 is 0 Å². The number of aromatic nitrogens is 2. The summed E-state index contributed by atoms with van der Waals surface area (Å²) in [5.41, 5.74) is 4.39. The lowest BCUT2D eigenvalue weighted by molar-refractivity contribution is -0.129. The Morgan fingerprint density at radius 1 is 1.10 bits per heavy atom. The summed E-state index contributed by atoms with van der Waals surface area (Å²) in [7, 11) is 0. The Kier molecular flexibility index (Phi) is 9.77. The van der Waals surface area contributed by atoms with Crippen LogP contribution in [-0.2, 0) is 16.1 Å². The van der Waals surface area contributed by atoms with Gasteiger partial charge in [0.1, 0.15) is 24.4 Å². The van der Waals surface area contributed by atoms with E-state index >= 15 is 0 Å². The fourth-order valence-electron chi connectivity index (χ4n) is 4.26. The SMILES string of the molecule is CC(C)c1ccc(COc2ccc(/C(C(=N)c3ccncn3)=C3/NCCN(CCOCCO)C3=O)cc2)cc1. The van der Waals surface area contributed by atoms with Crippen LogP contribution in [0.2, 0.25) is 0 Å². The molecule has 3 aromatic rings. The molecule has 1 aliphatic rings. The number of rotatable bonds is 12. The first kappa shape index (κ1) is 27.9. The zero-order chi connectivity index (χ0) is 27.6. The summed E-state index contributed by atoms with van der Waals surface area (Å²) in [5.74, 6) is 0.956. The molecular weight excluding hydrogens is 494 g/mol. The molecule has 0 unspecified atom stereocenters. The van der Waals surface area contributed by atoms with Crippen LogP contribution in [0.5, 0.6) is 5.75 Å². The molecule has 1 aliphatic heterocycles. The van der Waals surface area contributed by atoms with Gasteiger partial charge in [0.15, 0.2) is 0 Å². The Bertz CT molecular complexity index is 1270. The molecule has 9 heteroatoms. The molecule has 0 radical (unpaired) electrons. The second kappa shape index (κ2) is 13.6. The van der Waals surface area contributed by atoms with Crippen LogP contribution in [-0.4, -0.2) is 71.0 Å². The Labute approximate surface area is 229 Å². The van der Waals surface area contributed by atoms with Crippen molar-refractivity contribution in [1.82, 2.24) is 20.2 Å². The molecule has 1 saturated heterocycles. The van der Waals surface area contributed by atoms with Crippen LogP contribution in [0.15, 0.2) is 72.8 Å². The van der Waals surface area contributed by atoms with E-state index in [2.05, 4.69) is 53.4 Å². The zero-order valence-electron chi connectivity index (χ0n) is 22.4. The van der Waals surface area contributed by atoms with Gasteiger partial charge in [-0.25, -0.2) is 9.97 Å². The number of benzene rings is 2. The standard InChI is InChI=1S/C30H35N5O4/c1-21(2)23-5-3-22(4-6-23)19-39-25-9-7-24(8-10-25)27(28(31)26-11-12-32-20-34-26)29-30(37)35(14-13-33-29)15-17-38-18-16-36/h3-12,20-21,31,33,36H,13-19H2,1-2H3/b29-27-,31-28?. The molecule has 204 valence electrons. The fraction of sp³-hybridized carbons (Fsp3) is 0.333. The minimum atomic E-state index is -0.215. The zero-order valence-corrected chi connectivity index (χ0v) is 22.4. The van der Waals surface area contributed by atoms with Gasteiger partial charge in [-0.15, -0.1) is 0 Å².